The van der Waals surface area contributed by atoms with Crippen LogP contribution in [0.5, 0.6) is 0 Å². The summed E-state index contributed by atoms with van der Waals surface area (Å²) in [5.74, 6) is -0.233. The zero-order valence-corrected chi connectivity index (χ0v) is 13.9. The van der Waals surface area contributed by atoms with Crippen molar-refractivity contribution in [1.82, 2.24) is 10.5 Å². The summed E-state index contributed by atoms with van der Waals surface area (Å²) in [4.78, 5) is 23.8. The van der Waals surface area contributed by atoms with Crippen molar-refractivity contribution in [1.29, 1.82) is 0 Å². The number of amides is 3. The van der Waals surface area contributed by atoms with Gasteiger partial charge in [-0.3, -0.25) is 4.79 Å². The molecule has 1 aliphatic rings. The quantitative estimate of drug-likeness (QED) is 0.773. The number of benzene rings is 1. The van der Waals surface area contributed by atoms with Crippen molar-refractivity contribution in [3.63, 3.8) is 0 Å². The zero-order valence-electron chi connectivity index (χ0n) is 13.9. The molecule has 0 radical (unpaired) electrons. The summed E-state index contributed by atoms with van der Waals surface area (Å²) in [7, 11) is 0. The van der Waals surface area contributed by atoms with E-state index in [1.165, 1.54) is 0 Å². The summed E-state index contributed by atoms with van der Waals surface area (Å²) in [6.07, 6.45) is 2.11. The fourth-order valence-corrected chi connectivity index (χ4v) is 2.49. The molecule has 3 N–H and O–H groups in total. The maximum atomic E-state index is 12.0. The van der Waals surface area contributed by atoms with Gasteiger partial charge in [-0.05, 0) is 44.0 Å². The minimum atomic E-state index is -0.379. The van der Waals surface area contributed by atoms with Gasteiger partial charge < -0.3 is 25.2 Å². The lowest BCUT2D eigenvalue weighted by Gasteiger charge is -2.12. The van der Waals surface area contributed by atoms with Crippen LogP contribution in [0.2, 0.25) is 0 Å². The second-order valence-electron chi connectivity index (χ2n) is 5.83. The first kappa shape index (κ1) is 17.0. The number of nitrogens with one attached hydrogen (secondary N) is 3. The predicted molar refractivity (Wildman–Crippen MR) is 91.6 cm³/mol. The number of aromatic nitrogens is 1. The van der Waals surface area contributed by atoms with Crippen LogP contribution in [0.15, 0.2) is 34.9 Å². The van der Waals surface area contributed by atoms with Crippen LogP contribution in [0.1, 0.15) is 29.1 Å². The van der Waals surface area contributed by atoms with E-state index in [1.54, 1.807) is 37.3 Å². The van der Waals surface area contributed by atoms with Crippen molar-refractivity contribution >= 4 is 23.3 Å². The fourth-order valence-electron chi connectivity index (χ4n) is 2.49. The van der Waals surface area contributed by atoms with Crippen LogP contribution >= 0.6 is 0 Å². The standard InChI is InChI=1S/C17H20N4O4/c1-11-9-15(25-21-11)16(22)19-12-4-6-13(7-5-12)20-17(23)18-10-14-3-2-8-24-14/h4-7,9,14H,2-3,8,10H2,1H3,(H,19,22)(H2,18,20,23)/t14-/m0/s1. The minimum absolute atomic E-state index is 0.100. The molecule has 0 saturated carbocycles. The highest BCUT2D eigenvalue weighted by Gasteiger charge is 2.16. The van der Waals surface area contributed by atoms with Crippen LogP contribution in [0.3, 0.4) is 0 Å². The molecule has 1 aliphatic heterocycles. The molecule has 1 saturated heterocycles. The number of aryl methyl sites for hydroxylation is 1. The minimum Gasteiger partial charge on any atom is -0.376 e. The third kappa shape index (κ3) is 4.80. The Morgan fingerprint density at radius 2 is 1.92 bits per heavy atom. The lowest BCUT2D eigenvalue weighted by molar-refractivity contribution is 0.0988. The molecule has 0 bridgehead atoms. The highest BCUT2D eigenvalue weighted by atomic mass is 16.5. The van der Waals surface area contributed by atoms with Crippen molar-refractivity contribution in [2.75, 3.05) is 23.8 Å². The van der Waals surface area contributed by atoms with Gasteiger partial charge in [-0.1, -0.05) is 5.16 Å². The predicted octanol–water partition coefficient (Wildman–Crippen LogP) is 2.54. The summed E-state index contributed by atoms with van der Waals surface area (Å²) < 4.78 is 10.4. The second kappa shape index (κ2) is 7.80. The Morgan fingerprint density at radius 3 is 2.52 bits per heavy atom. The van der Waals surface area contributed by atoms with Crippen LogP contribution in [0.4, 0.5) is 16.2 Å². The van der Waals surface area contributed by atoms with E-state index in [-0.39, 0.29) is 23.8 Å². The van der Waals surface area contributed by atoms with Gasteiger partial charge in [0.25, 0.3) is 5.91 Å². The van der Waals surface area contributed by atoms with Crippen LogP contribution in [0, 0.1) is 6.92 Å². The summed E-state index contributed by atoms with van der Waals surface area (Å²) in [6.45, 7) is 3.00. The van der Waals surface area contributed by atoms with E-state index in [0.29, 0.717) is 23.6 Å². The monoisotopic (exact) mass is 344 g/mol. The number of ether oxygens (including phenoxy) is 1. The number of rotatable bonds is 5. The van der Waals surface area contributed by atoms with Gasteiger partial charge in [-0.15, -0.1) is 0 Å². The Morgan fingerprint density at radius 1 is 1.20 bits per heavy atom. The zero-order chi connectivity index (χ0) is 17.6. The molecule has 3 amide bonds. The van der Waals surface area contributed by atoms with Crippen LogP contribution in [0.25, 0.3) is 0 Å². The smallest absolute Gasteiger partial charge is 0.319 e. The number of hydrogen-bond acceptors (Lipinski definition) is 5. The summed E-state index contributed by atoms with van der Waals surface area (Å²) in [5, 5.41) is 11.9. The third-order valence-corrected chi connectivity index (χ3v) is 3.77. The highest BCUT2D eigenvalue weighted by molar-refractivity contribution is 6.02. The van der Waals surface area contributed by atoms with Gasteiger partial charge in [0.2, 0.25) is 5.76 Å². The molecule has 25 heavy (non-hydrogen) atoms. The number of urea groups is 1. The summed E-state index contributed by atoms with van der Waals surface area (Å²) in [6, 6.07) is 8.06. The van der Waals surface area contributed by atoms with Gasteiger partial charge in [0.15, 0.2) is 0 Å². The van der Waals surface area contributed by atoms with Crippen molar-refractivity contribution < 1.29 is 18.8 Å². The Kier molecular flexibility index (Phi) is 5.30. The maximum absolute atomic E-state index is 12.0. The molecule has 1 atom stereocenters. The summed E-state index contributed by atoms with van der Waals surface area (Å²) >= 11 is 0. The molecule has 3 rings (SSSR count). The van der Waals surface area contributed by atoms with E-state index in [2.05, 4.69) is 21.1 Å². The Balaban J connectivity index is 1.48. The molecule has 8 nitrogen and oxygen atoms in total. The van der Waals surface area contributed by atoms with Crippen molar-refractivity contribution in [2.24, 2.45) is 0 Å². The largest absolute Gasteiger partial charge is 0.376 e. The molecule has 0 spiro atoms. The van der Waals surface area contributed by atoms with E-state index in [4.69, 9.17) is 9.26 Å². The van der Waals surface area contributed by atoms with E-state index in [0.717, 1.165) is 19.4 Å². The van der Waals surface area contributed by atoms with Gasteiger partial charge in [0.05, 0.1) is 11.8 Å². The average Bonchev–Trinajstić information content (AvgIpc) is 3.26. The van der Waals surface area contributed by atoms with E-state index in [1.807, 2.05) is 0 Å². The molecular formula is C17H20N4O4. The molecule has 1 fully saturated rings. The summed E-state index contributed by atoms with van der Waals surface area (Å²) in [5.41, 5.74) is 1.85. The fraction of sp³-hybridized carbons (Fsp3) is 0.353. The SMILES string of the molecule is Cc1cc(C(=O)Nc2ccc(NC(=O)NC[C@@H]3CCCO3)cc2)on1. The Labute approximate surface area is 144 Å². The number of nitrogens with zero attached hydrogens (tertiary/aromatic N) is 1. The molecule has 1 aromatic heterocycles. The van der Waals surface area contributed by atoms with Gasteiger partial charge in [-0.2, -0.15) is 0 Å². The molecule has 0 unspecified atom stereocenters. The van der Waals surface area contributed by atoms with E-state index in [9.17, 15) is 9.59 Å². The Bertz CT molecular complexity index is 735. The number of carbonyl (C=O) groups excluding carboxylic acids is 2. The number of anilines is 2. The topological polar surface area (TPSA) is 105 Å². The van der Waals surface area contributed by atoms with Crippen LogP contribution in [-0.4, -0.2) is 36.4 Å². The first-order chi connectivity index (χ1) is 12.1. The first-order valence-corrected chi connectivity index (χ1v) is 8.11. The van der Waals surface area contributed by atoms with Crippen molar-refractivity contribution in [3.8, 4) is 0 Å². The van der Waals surface area contributed by atoms with Crippen molar-refractivity contribution in [3.05, 3.63) is 41.8 Å². The number of hydrogen-bond donors (Lipinski definition) is 3. The lowest BCUT2D eigenvalue weighted by Crippen LogP contribution is -2.35. The van der Waals surface area contributed by atoms with E-state index < -0.39 is 0 Å². The van der Waals surface area contributed by atoms with Crippen molar-refractivity contribution in [2.45, 2.75) is 25.9 Å². The molecule has 1 aromatic carbocycles. The highest BCUT2D eigenvalue weighted by Crippen LogP contribution is 2.15. The van der Waals surface area contributed by atoms with Gasteiger partial charge in [-0.25, -0.2) is 4.79 Å². The molecule has 0 aliphatic carbocycles. The van der Waals surface area contributed by atoms with Gasteiger partial charge in [0, 0.05) is 30.6 Å². The lowest BCUT2D eigenvalue weighted by atomic mass is 10.2. The Hall–Kier alpha value is -2.87. The molecule has 8 heteroatoms. The first-order valence-electron chi connectivity index (χ1n) is 8.11. The van der Waals surface area contributed by atoms with Gasteiger partial charge in [0.1, 0.15) is 0 Å². The maximum Gasteiger partial charge on any atom is 0.319 e. The van der Waals surface area contributed by atoms with E-state index >= 15 is 0 Å². The molecule has 2 aromatic rings. The molecule has 2 heterocycles. The average molecular weight is 344 g/mol. The van der Waals surface area contributed by atoms with Gasteiger partial charge >= 0.3 is 6.03 Å². The number of carbonyl (C=O) groups is 2. The molecular weight excluding hydrogens is 324 g/mol. The second-order valence-corrected chi connectivity index (χ2v) is 5.83. The van der Waals surface area contributed by atoms with Crippen LogP contribution < -0.4 is 16.0 Å². The van der Waals surface area contributed by atoms with Crippen LogP contribution in [-0.2, 0) is 4.74 Å². The normalized spacial score (nSPS) is 16.4. The third-order valence-electron chi connectivity index (χ3n) is 3.77. The molecule has 132 valence electrons.